The lowest BCUT2D eigenvalue weighted by Crippen LogP contribution is -2.45. The van der Waals surface area contributed by atoms with E-state index in [0.29, 0.717) is 6.54 Å². The van der Waals surface area contributed by atoms with E-state index in [0.717, 1.165) is 37.3 Å². The summed E-state index contributed by atoms with van der Waals surface area (Å²) in [6.45, 7) is 11.2. The molecule has 2 atom stereocenters. The Labute approximate surface area is 139 Å². The second-order valence-corrected chi connectivity index (χ2v) is 7.46. The highest BCUT2D eigenvalue weighted by Crippen LogP contribution is 2.20. The van der Waals surface area contributed by atoms with E-state index < -0.39 is 5.60 Å². The molecule has 0 saturated carbocycles. The highest BCUT2D eigenvalue weighted by atomic mass is 16.6. The van der Waals surface area contributed by atoms with Gasteiger partial charge in [-0.25, -0.2) is 4.79 Å². The molecular formula is C18H30N2O3. The molecule has 130 valence electrons. The summed E-state index contributed by atoms with van der Waals surface area (Å²) in [5, 5.41) is 3.59. The van der Waals surface area contributed by atoms with E-state index in [4.69, 9.17) is 9.15 Å². The van der Waals surface area contributed by atoms with Crippen LogP contribution in [0, 0.1) is 6.92 Å². The molecule has 1 aromatic rings. The van der Waals surface area contributed by atoms with Gasteiger partial charge in [0.05, 0.1) is 6.04 Å². The van der Waals surface area contributed by atoms with Crippen molar-refractivity contribution in [1.82, 2.24) is 10.2 Å². The Morgan fingerprint density at radius 3 is 2.74 bits per heavy atom. The van der Waals surface area contributed by atoms with Crippen LogP contribution in [0.25, 0.3) is 0 Å². The summed E-state index contributed by atoms with van der Waals surface area (Å²) in [5.41, 5.74) is -0.453. The molecular weight excluding hydrogens is 292 g/mol. The summed E-state index contributed by atoms with van der Waals surface area (Å²) in [4.78, 5) is 14.2. The van der Waals surface area contributed by atoms with Crippen LogP contribution in [0.15, 0.2) is 16.5 Å². The van der Waals surface area contributed by atoms with Crippen molar-refractivity contribution < 1.29 is 13.9 Å². The summed E-state index contributed by atoms with van der Waals surface area (Å²) < 4.78 is 11.2. The topological polar surface area (TPSA) is 54.7 Å². The number of likely N-dealkylation sites (tertiary alicyclic amines) is 1. The van der Waals surface area contributed by atoms with E-state index >= 15 is 0 Å². The molecule has 1 aromatic heterocycles. The van der Waals surface area contributed by atoms with E-state index in [-0.39, 0.29) is 18.2 Å². The first-order valence-corrected chi connectivity index (χ1v) is 8.55. The largest absolute Gasteiger partial charge is 0.465 e. The lowest BCUT2D eigenvalue weighted by molar-refractivity contribution is 0.0241. The Balaban J connectivity index is 1.95. The summed E-state index contributed by atoms with van der Waals surface area (Å²) in [6.07, 6.45) is 2.98. The van der Waals surface area contributed by atoms with Gasteiger partial charge in [0.1, 0.15) is 17.1 Å². The molecule has 2 rings (SSSR count). The van der Waals surface area contributed by atoms with Crippen LogP contribution in [-0.2, 0) is 4.74 Å². The quantitative estimate of drug-likeness (QED) is 0.913. The van der Waals surface area contributed by atoms with Crippen molar-refractivity contribution in [2.24, 2.45) is 0 Å². The first-order valence-electron chi connectivity index (χ1n) is 8.55. The number of amides is 1. The number of furan rings is 1. The van der Waals surface area contributed by atoms with Crippen molar-refractivity contribution in [1.29, 1.82) is 0 Å². The average Bonchev–Trinajstić information content (AvgIpc) is 2.73. The van der Waals surface area contributed by atoms with Crippen molar-refractivity contribution in [3.8, 4) is 0 Å². The first-order chi connectivity index (χ1) is 10.7. The summed E-state index contributed by atoms with van der Waals surface area (Å²) in [6, 6.07) is 4.38. The maximum atomic E-state index is 12.3. The first kappa shape index (κ1) is 17.9. The molecule has 0 aromatic carbocycles. The maximum Gasteiger partial charge on any atom is 0.410 e. The van der Waals surface area contributed by atoms with E-state index in [2.05, 4.69) is 12.2 Å². The zero-order chi connectivity index (χ0) is 17.0. The number of rotatable bonds is 3. The minimum absolute atomic E-state index is 0.132. The van der Waals surface area contributed by atoms with Gasteiger partial charge in [0, 0.05) is 19.1 Å². The Kier molecular flexibility index (Phi) is 5.74. The number of ether oxygens (including phenoxy) is 1. The fourth-order valence-corrected chi connectivity index (χ4v) is 2.89. The van der Waals surface area contributed by atoms with Crippen LogP contribution in [0.2, 0.25) is 0 Å². The standard InChI is InChI=1S/C18H30N2O3/c1-13-9-10-16(22-13)14(2)19-15-8-6-7-11-20(12-15)17(21)23-18(3,4)5/h9-10,14-15,19H,6-8,11-12H2,1-5H3. The third kappa shape index (κ3) is 5.57. The second kappa shape index (κ2) is 7.39. The fraction of sp³-hybridized carbons (Fsp3) is 0.722. The van der Waals surface area contributed by atoms with Gasteiger partial charge >= 0.3 is 6.09 Å². The third-order valence-electron chi connectivity index (χ3n) is 4.00. The average molecular weight is 322 g/mol. The van der Waals surface area contributed by atoms with E-state index in [1.54, 1.807) is 0 Å². The Morgan fingerprint density at radius 2 is 2.13 bits per heavy atom. The molecule has 1 amide bonds. The molecule has 1 aliphatic rings. The minimum Gasteiger partial charge on any atom is -0.465 e. The van der Waals surface area contributed by atoms with Crippen LogP contribution in [-0.4, -0.2) is 35.7 Å². The zero-order valence-electron chi connectivity index (χ0n) is 15.0. The van der Waals surface area contributed by atoms with Crippen LogP contribution in [0.4, 0.5) is 4.79 Å². The highest BCUT2D eigenvalue weighted by molar-refractivity contribution is 5.68. The number of nitrogens with zero attached hydrogens (tertiary/aromatic N) is 1. The van der Waals surface area contributed by atoms with E-state index in [9.17, 15) is 4.79 Å². The van der Waals surface area contributed by atoms with Gasteiger partial charge in [-0.1, -0.05) is 6.42 Å². The summed E-state index contributed by atoms with van der Waals surface area (Å²) in [7, 11) is 0. The van der Waals surface area contributed by atoms with Crippen molar-refractivity contribution >= 4 is 6.09 Å². The molecule has 2 heterocycles. The lowest BCUT2D eigenvalue weighted by atomic mass is 10.1. The van der Waals surface area contributed by atoms with Gasteiger partial charge in [0.2, 0.25) is 0 Å². The molecule has 1 aliphatic heterocycles. The smallest absolute Gasteiger partial charge is 0.410 e. The molecule has 1 saturated heterocycles. The van der Waals surface area contributed by atoms with Crippen LogP contribution in [0.1, 0.15) is 64.5 Å². The molecule has 1 fully saturated rings. The van der Waals surface area contributed by atoms with E-state index in [1.807, 2.05) is 44.7 Å². The zero-order valence-corrected chi connectivity index (χ0v) is 15.0. The van der Waals surface area contributed by atoms with Crippen LogP contribution < -0.4 is 5.32 Å². The maximum absolute atomic E-state index is 12.3. The normalized spacial score (nSPS) is 20.9. The SMILES string of the molecule is Cc1ccc(C(C)NC2CCCCN(C(=O)OC(C)(C)C)C2)o1. The van der Waals surface area contributed by atoms with Gasteiger partial charge in [-0.3, -0.25) is 0 Å². The molecule has 0 radical (unpaired) electrons. The molecule has 23 heavy (non-hydrogen) atoms. The minimum atomic E-state index is -0.453. The number of aryl methyl sites for hydroxylation is 1. The van der Waals surface area contributed by atoms with Crippen molar-refractivity contribution in [2.75, 3.05) is 13.1 Å². The molecule has 2 unspecified atom stereocenters. The van der Waals surface area contributed by atoms with Gasteiger partial charge in [0.15, 0.2) is 0 Å². The highest BCUT2D eigenvalue weighted by Gasteiger charge is 2.27. The number of carbonyl (C=O) groups excluding carboxylic acids is 1. The van der Waals surface area contributed by atoms with Crippen molar-refractivity contribution in [2.45, 2.75) is 71.6 Å². The fourth-order valence-electron chi connectivity index (χ4n) is 2.89. The van der Waals surface area contributed by atoms with E-state index in [1.165, 1.54) is 0 Å². The molecule has 1 N–H and O–H groups in total. The van der Waals surface area contributed by atoms with Gasteiger partial charge in [-0.05, 0) is 59.6 Å². The van der Waals surface area contributed by atoms with Gasteiger partial charge in [-0.2, -0.15) is 0 Å². The van der Waals surface area contributed by atoms with Gasteiger partial charge in [0.25, 0.3) is 0 Å². The monoisotopic (exact) mass is 322 g/mol. The Morgan fingerprint density at radius 1 is 1.39 bits per heavy atom. The van der Waals surface area contributed by atoms with Gasteiger partial charge in [-0.15, -0.1) is 0 Å². The number of hydrogen-bond acceptors (Lipinski definition) is 4. The van der Waals surface area contributed by atoms with Crippen LogP contribution >= 0.6 is 0 Å². The Bertz CT molecular complexity index is 519. The lowest BCUT2D eigenvalue weighted by Gasteiger charge is -2.29. The molecule has 5 nitrogen and oxygen atoms in total. The molecule has 5 heteroatoms. The number of hydrogen-bond donors (Lipinski definition) is 1. The number of nitrogens with one attached hydrogen (secondary N) is 1. The predicted octanol–water partition coefficient (Wildman–Crippen LogP) is 4.03. The van der Waals surface area contributed by atoms with Gasteiger partial charge < -0.3 is 19.4 Å². The number of carbonyl (C=O) groups is 1. The third-order valence-corrected chi connectivity index (χ3v) is 4.00. The van der Waals surface area contributed by atoms with Crippen LogP contribution in [0.5, 0.6) is 0 Å². The summed E-state index contributed by atoms with van der Waals surface area (Å²) in [5.74, 6) is 1.86. The molecule has 0 spiro atoms. The van der Waals surface area contributed by atoms with Crippen molar-refractivity contribution in [3.05, 3.63) is 23.7 Å². The van der Waals surface area contributed by atoms with Crippen LogP contribution in [0.3, 0.4) is 0 Å². The molecule has 0 bridgehead atoms. The second-order valence-electron chi connectivity index (χ2n) is 7.46. The Hall–Kier alpha value is -1.49. The predicted molar refractivity (Wildman–Crippen MR) is 90.4 cm³/mol. The van der Waals surface area contributed by atoms with Crippen molar-refractivity contribution in [3.63, 3.8) is 0 Å². The molecule has 0 aliphatic carbocycles. The summed E-state index contributed by atoms with van der Waals surface area (Å²) >= 11 is 0.